The van der Waals surface area contributed by atoms with Crippen LogP contribution in [0.1, 0.15) is 13.3 Å². The van der Waals surface area contributed by atoms with Crippen LogP contribution in [-0.4, -0.2) is 4.80 Å². The van der Waals surface area contributed by atoms with Gasteiger partial charge in [0.15, 0.2) is 0 Å². The van der Waals surface area contributed by atoms with Crippen LogP contribution in [-0.2, 0) is 23.0 Å². The summed E-state index contributed by atoms with van der Waals surface area (Å²) in [5, 5.41) is 0. The second-order valence-corrected chi connectivity index (χ2v) is 15.7. The molecule has 2 aromatic carbocycles. The Bertz CT molecular complexity index is 259. The van der Waals surface area contributed by atoms with Crippen molar-refractivity contribution >= 4 is 15.9 Å². The molecular formula is C13H17Cl3HfSi-2. The van der Waals surface area contributed by atoms with Crippen LogP contribution in [0.5, 0.6) is 0 Å². The molecule has 18 heavy (non-hydrogen) atoms. The molecule has 0 heterocycles. The van der Waals surface area contributed by atoms with Gasteiger partial charge in [0, 0.05) is 0 Å². The third-order valence-electron chi connectivity index (χ3n) is 1.58. The van der Waals surface area contributed by atoms with Crippen LogP contribution in [0.4, 0.5) is 0 Å². The summed E-state index contributed by atoms with van der Waals surface area (Å²) in [6, 6.07) is 21.3. The van der Waals surface area contributed by atoms with Crippen LogP contribution >= 0.6 is 11.1 Å². The normalized spacial score (nSPS) is 7.33. The molecule has 0 N–H and O–H groups in total. The molecule has 100 valence electrons. The molecule has 0 saturated carbocycles. The average molecular weight is 486 g/mol. The summed E-state index contributed by atoms with van der Waals surface area (Å²) in [6.07, 6.45) is 1.28. The SMILES string of the molecule is CCC[Si](Cl)=[Hf+2].[Cl-].[Cl-].c1cc[cH-]c1.c1cc[cH-]c1. The summed E-state index contributed by atoms with van der Waals surface area (Å²) < 4.78 is 0. The smallest absolute Gasteiger partial charge is 0.172 e. The van der Waals surface area contributed by atoms with E-state index < -0.39 is 0 Å². The van der Waals surface area contributed by atoms with Gasteiger partial charge in [0.2, 0.25) is 0 Å². The third kappa shape index (κ3) is 21.9. The van der Waals surface area contributed by atoms with E-state index in [0.29, 0.717) is 0 Å². The Balaban J connectivity index is -0.000000178. The first-order valence-corrected chi connectivity index (χ1v) is 13.4. The van der Waals surface area contributed by atoms with Gasteiger partial charge in [-0.15, -0.1) is 0 Å². The number of rotatable bonds is 2. The quantitative estimate of drug-likeness (QED) is 0.275. The average Bonchev–Trinajstić information content (AvgIpc) is 2.98. The largest absolute Gasteiger partial charge is 1.00 e. The van der Waals surface area contributed by atoms with Crippen molar-refractivity contribution in [3.05, 3.63) is 60.7 Å². The summed E-state index contributed by atoms with van der Waals surface area (Å²) in [4.78, 5) is -0.274. The van der Waals surface area contributed by atoms with Crippen LogP contribution in [0.25, 0.3) is 0 Å². The van der Waals surface area contributed by atoms with Crippen molar-refractivity contribution in [3.63, 3.8) is 0 Å². The van der Waals surface area contributed by atoms with Crippen molar-refractivity contribution in [2.24, 2.45) is 0 Å². The summed E-state index contributed by atoms with van der Waals surface area (Å²) in [5.41, 5.74) is 0. The Morgan fingerprint density at radius 2 is 1.28 bits per heavy atom. The van der Waals surface area contributed by atoms with Gasteiger partial charge in [0.05, 0.1) is 0 Å². The number of halogens is 3. The minimum atomic E-state index is -0.274. The van der Waals surface area contributed by atoms with E-state index >= 15 is 0 Å². The van der Waals surface area contributed by atoms with E-state index in [9.17, 15) is 0 Å². The van der Waals surface area contributed by atoms with E-state index in [1.807, 2.05) is 60.7 Å². The Morgan fingerprint density at radius 1 is 0.944 bits per heavy atom. The van der Waals surface area contributed by atoms with E-state index in [0.717, 1.165) is 0 Å². The molecule has 0 radical (unpaired) electrons. The predicted octanol–water partition coefficient (Wildman–Crippen LogP) is -1.51. The molecule has 2 rings (SSSR count). The summed E-state index contributed by atoms with van der Waals surface area (Å²) >= 11 is 6.99. The molecule has 0 saturated heterocycles. The van der Waals surface area contributed by atoms with Gasteiger partial charge >= 0.3 is 58.3 Å². The Hall–Kier alpha value is 0.657. The van der Waals surface area contributed by atoms with Crippen molar-refractivity contribution in [2.75, 3.05) is 0 Å². The van der Waals surface area contributed by atoms with Gasteiger partial charge < -0.3 is 24.8 Å². The van der Waals surface area contributed by atoms with Crippen LogP contribution in [0.3, 0.4) is 0 Å². The zero-order valence-corrected chi connectivity index (χ0v) is 17.2. The van der Waals surface area contributed by atoms with Gasteiger partial charge in [-0.05, 0) is 0 Å². The molecule has 5 heteroatoms. The molecule has 0 unspecified atom stereocenters. The molecule has 0 fully saturated rings. The maximum Gasteiger partial charge on any atom is -0.172 e. The minimum Gasteiger partial charge on any atom is -1.00 e. The molecule has 0 aromatic heterocycles. The summed E-state index contributed by atoms with van der Waals surface area (Å²) in [7, 11) is 0. The first-order valence-electron chi connectivity index (χ1n) is 5.33. The minimum absolute atomic E-state index is 0. The Labute approximate surface area is 143 Å². The van der Waals surface area contributed by atoms with Crippen LogP contribution in [0, 0.1) is 0 Å². The van der Waals surface area contributed by atoms with Crippen molar-refractivity contribution in [3.8, 4) is 0 Å². The maximum absolute atomic E-state index is 5.74. The van der Waals surface area contributed by atoms with Gasteiger partial charge in [0.1, 0.15) is 0 Å². The maximum atomic E-state index is 5.74. The second-order valence-electron chi connectivity index (χ2n) is 3.08. The van der Waals surface area contributed by atoms with Crippen LogP contribution in [0.15, 0.2) is 60.7 Å². The zero-order valence-electron chi connectivity index (χ0n) is 10.3. The molecule has 0 bridgehead atoms. The molecule has 0 amide bonds. The zero-order chi connectivity index (χ0) is 12.1. The molecule has 0 nitrogen and oxygen atoms in total. The van der Waals surface area contributed by atoms with Crippen LogP contribution < -0.4 is 24.8 Å². The Morgan fingerprint density at radius 3 is 1.33 bits per heavy atom. The fraction of sp³-hybridized carbons (Fsp3) is 0.231. The van der Waals surface area contributed by atoms with Gasteiger partial charge in [0.25, 0.3) is 0 Å². The van der Waals surface area contributed by atoms with Crippen molar-refractivity contribution in [1.82, 2.24) is 0 Å². The molecular weight excluding hydrogens is 469 g/mol. The number of hydrogen-bond acceptors (Lipinski definition) is 0. The fourth-order valence-corrected chi connectivity index (χ4v) is 4.56. The van der Waals surface area contributed by atoms with Crippen LogP contribution in [0.2, 0.25) is 6.04 Å². The second kappa shape index (κ2) is 20.0. The van der Waals surface area contributed by atoms with Gasteiger partial charge in [-0.1, -0.05) is 0 Å². The van der Waals surface area contributed by atoms with E-state index in [2.05, 4.69) is 6.92 Å². The Kier molecular flexibility index (Phi) is 26.3. The van der Waals surface area contributed by atoms with E-state index in [1.165, 1.54) is 35.5 Å². The monoisotopic (exact) mass is 486 g/mol. The third-order valence-corrected chi connectivity index (χ3v) is 5.78. The summed E-state index contributed by atoms with van der Waals surface area (Å²) in [5.74, 6) is 0. The van der Waals surface area contributed by atoms with Crippen molar-refractivity contribution in [2.45, 2.75) is 19.4 Å². The molecule has 0 aliphatic carbocycles. The number of hydrogen-bond donors (Lipinski definition) is 0. The molecule has 2 aromatic rings. The molecule has 0 aliphatic heterocycles. The first kappa shape index (κ1) is 23.7. The van der Waals surface area contributed by atoms with Gasteiger partial charge in [-0.25, -0.2) is 24.3 Å². The van der Waals surface area contributed by atoms with Crippen molar-refractivity contribution in [1.29, 1.82) is 0 Å². The predicted molar refractivity (Wildman–Crippen MR) is 70.8 cm³/mol. The van der Waals surface area contributed by atoms with E-state index in [4.69, 9.17) is 11.1 Å². The topological polar surface area (TPSA) is 0 Å². The van der Waals surface area contributed by atoms with Gasteiger partial charge in [-0.2, -0.15) is 36.4 Å². The van der Waals surface area contributed by atoms with E-state index in [1.54, 1.807) is 0 Å². The standard InChI is InChI=1S/2C5H5.C3H7ClSi.2ClH.Hf/c2*1-2-4-5-3-1;1-2-3-5-4;;;/h2*1-5H;2-3H2,1H3;2*1H;/q2*-1;;;;+2/p-2. The first-order chi connectivity index (χ1) is 7.77. The van der Waals surface area contributed by atoms with Crippen molar-refractivity contribution < 1.29 is 47.8 Å². The molecule has 0 aliphatic rings. The molecule has 0 atom stereocenters. The molecule has 0 spiro atoms. The van der Waals surface area contributed by atoms with Gasteiger partial charge in [-0.3, -0.25) is 0 Å². The van der Waals surface area contributed by atoms with E-state index in [-0.39, 0.29) is 29.6 Å². The fourth-order valence-electron chi connectivity index (χ4n) is 0.861. The summed E-state index contributed by atoms with van der Waals surface area (Å²) in [6.45, 7) is 2.19.